The molecule has 9 heteroatoms. The molecule has 0 saturated carbocycles. The number of hydrogen-bond acceptors (Lipinski definition) is 4. The molecule has 5 nitrogen and oxygen atoms in total. The summed E-state index contributed by atoms with van der Waals surface area (Å²) in [5.74, 6) is 1.23. The fourth-order valence-electron chi connectivity index (χ4n) is 2.59. The van der Waals surface area contributed by atoms with Gasteiger partial charge in [0.25, 0.3) is 0 Å². The van der Waals surface area contributed by atoms with Crippen LogP contribution in [0, 0.1) is 4.77 Å². The normalized spacial score (nSPS) is 12.1. The van der Waals surface area contributed by atoms with Crippen molar-refractivity contribution in [2.24, 2.45) is 7.05 Å². The van der Waals surface area contributed by atoms with Crippen molar-refractivity contribution in [3.63, 3.8) is 0 Å². The van der Waals surface area contributed by atoms with Crippen molar-refractivity contribution in [2.45, 2.75) is 19.4 Å². The molecule has 0 fully saturated rings. The summed E-state index contributed by atoms with van der Waals surface area (Å²) in [5.41, 5.74) is 0.119. The Bertz CT molecular complexity index is 927. The van der Waals surface area contributed by atoms with Gasteiger partial charge in [-0.2, -0.15) is 13.2 Å². The topological polar surface area (TPSA) is 39.1 Å². The van der Waals surface area contributed by atoms with E-state index in [1.54, 1.807) is 34.7 Å². The van der Waals surface area contributed by atoms with Crippen LogP contribution in [0.3, 0.4) is 0 Å². The van der Waals surface area contributed by atoms with E-state index in [4.69, 9.17) is 16.6 Å². The molecule has 0 aliphatic carbocycles. The van der Waals surface area contributed by atoms with Crippen molar-refractivity contribution >= 4 is 12.2 Å². The molecule has 3 rings (SSSR count). The number of halogens is 3. The second-order valence-corrected chi connectivity index (χ2v) is 6.36. The lowest BCUT2D eigenvalue weighted by atomic mass is 10.1. The molecule has 0 radical (unpaired) electrons. The maximum Gasteiger partial charge on any atom is 0.416 e. The molecule has 2 aromatic heterocycles. The molecule has 26 heavy (non-hydrogen) atoms. The van der Waals surface area contributed by atoms with Gasteiger partial charge in [-0.3, -0.25) is 4.90 Å². The summed E-state index contributed by atoms with van der Waals surface area (Å²) in [6.45, 7) is 0.862. The summed E-state index contributed by atoms with van der Waals surface area (Å²) in [6, 6.07) is 8.70. The van der Waals surface area contributed by atoms with E-state index in [9.17, 15) is 13.2 Å². The van der Waals surface area contributed by atoms with Crippen LogP contribution in [0.25, 0.3) is 11.6 Å². The Morgan fingerprint density at radius 1 is 1.19 bits per heavy atom. The highest BCUT2D eigenvalue weighted by Gasteiger charge is 2.29. The lowest BCUT2D eigenvalue weighted by molar-refractivity contribution is -0.137. The largest absolute Gasteiger partial charge is 0.461 e. The highest BCUT2D eigenvalue weighted by Crippen LogP contribution is 2.29. The van der Waals surface area contributed by atoms with Gasteiger partial charge in [-0.05, 0) is 49.1 Å². The first-order chi connectivity index (χ1) is 12.3. The SMILES string of the molecule is CN(Cc1ccc(C(F)(F)F)cc1)Cn1nc(-c2ccco2)n(C)c1=S. The highest BCUT2D eigenvalue weighted by molar-refractivity contribution is 7.71. The van der Waals surface area contributed by atoms with Crippen molar-refractivity contribution in [1.29, 1.82) is 0 Å². The third-order valence-corrected chi connectivity index (χ3v) is 4.38. The number of alkyl halides is 3. The smallest absolute Gasteiger partial charge is 0.416 e. The minimum atomic E-state index is -4.33. The fourth-order valence-corrected chi connectivity index (χ4v) is 2.77. The van der Waals surface area contributed by atoms with Crippen LogP contribution in [0.4, 0.5) is 13.2 Å². The second kappa shape index (κ2) is 7.08. The first kappa shape index (κ1) is 18.4. The van der Waals surface area contributed by atoms with E-state index in [0.29, 0.717) is 29.6 Å². The minimum absolute atomic E-state index is 0.397. The zero-order valence-corrected chi connectivity index (χ0v) is 15.0. The molecular weight excluding hydrogens is 365 g/mol. The first-order valence-corrected chi connectivity index (χ1v) is 8.19. The van der Waals surface area contributed by atoms with Crippen LogP contribution in [-0.2, 0) is 26.4 Å². The first-order valence-electron chi connectivity index (χ1n) is 7.78. The van der Waals surface area contributed by atoms with E-state index in [0.717, 1.165) is 17.7 Å². The molecule has 2 heterocycles. The zero-order valence-electron chi connectivity index (χ0n) is 14.2. The van der Waals surface area contributed by atoms with Gasteiger partial charge in [0.05, 0.1) is 18.5 Å². The van der Waals surface area contributed by atoms with Gasteiger partial charge in [-0.1, -0.05) is 12.1 Å². The zero-order chi connectivity index (χ0) is 18.9. The number of hydrogen-bond donors (Lipinski definition) is 0. The molecule has 0 bridgehead atoms. The van der Waals surface area contributed by atoms with Crippen molar-refractivity contribution < 1.29 is 17.6 Å². The van der Waals surface area contributed by atoms with E-state index in [1.807, 2.05) is 11.9 Å². The van der Waals surface area contributed by atoms with Gasteiger partial charge >= 0.3 is 6.18 Å². The van der Waals surface area contributed by atoms with Gasteiger partial charge in [-0.25, -0.2) is 4.68 Å². The van der Waals surface area contributed by atoms with E-state index >= 15 is 0 Å². The molecule has 3 aromatic rings. The van der Waals surface area contributed by atoms with E-state index < -0.39 is 11.7 Å². The molecule has 138 valence electrons. The molecule has 1 aromatic carbocycles. The third-order valence-electron chi connectivity index (χ3n) is 3.89. The van der Waals surface area contributed by atoms with Gasteiger partial charge in [0.15, 0.2) is 16.4 Å². The predicted octanol–water partition coefficient (Wildman–Crippen LogP) is 4.32. The van der Waals surface area contributed by atoms with E-state index in [1.165, 1.54) is 12.1 Å². The molecule has 0 amide bonds. The molecule has 0 atom stereocenters. The van der Waals surface area contributed by atoms with Crippen molar-refractivity contribution in [1.82, 2.24) is 19.2 Å². The number of aromatic nitrogens is 3. The number of benzene rings is 1. The van der Waals surface area contributed by atoms with Crippen molar-refractivity contribution in [3.8, 4) is 11.6 Å². The Hall–Kier alpha value is -2.39. The van der Waals surface area contributed by atoms with E-state index in [-0.39, 0.29) is 0 Å². The number of nitrogens with zero attached hydrogens (tertiary/aromatic N) is 4. The van der Waals surface area contributed by atoms with Gasteiger partial charge in [0.1, 0.15) is 0 Å². The lowest BCUT2D eigenvalue weighted by Crippen LogP contribution is -2.22. The monoisotopic (exact) mass is 382 g/mol. The lowest BCUT2D eigenvalue weighted by Gasteiger charge is -2.17. The summed E-state index contributed by atoms with van der Waals surface area (Å²) in [5, 5.41) is 4.47. The summed E-state index contributed by atoms with van der Waals surface area (Å²) < 4.78 is 47.2. The summed E-state index contributed by atoms with van der Waals surface area (Å²) in [4.78, 5) is 1.91. The maximum atomic E-state index is 12.6. The molecule has 0 spiro atoms. The Morgan fingerprint density at radius 2 is 1.88 bits per heavy atom. The van der Waals surface area contributed by atoms with Crippen molar-refractivity contribution in [3.05, 3.63) is 58.6 Å². The Labute approximate surface area is 153 Å². The van der Waals surface area contributed by atoms with Crippen LogP contribution in [0.5, 0.6) is 0 Å². The Morgan fingerprint density at radius 3 is 2.46 bits per heavy atom. The molecule has 0 N–H and O–H groups in total. The van der Waals surface area contributed by atoms with Crippen LogP contribution in [0.1, 0.15) is 11.1 Å². The highest BCUT2D eigenvalue weighted by atomic mass is 32.1. The molecule has 0 saturated heterocycles. The molecule has 0 aliphatic heterocycles. The second-order valence-electron chi connectivity index (χ2n) is 5.99. The van der Waals surface area contributed by atoms with Gasteiger partial charge in [-0.15, -0.1) is 5.10 Å². The molecule has 0 aliphatic rings. The van der Waals surface area contributed by atoms with Crippen LogP contribution in [0.2, 0.25) is 0 Å². The number of rotatable bonds is 5. The van der Waals surface area contributed by atoms with Crippen LogP contribution < -0.4 is 0 Å². The minimum Gasteiger partial charge on any atom is -0.461 e. The summed E-state index contributed by atoms with van der Waals surface area (Å²) in [7, 11) is 3.65. The maximum absolute atomic E-state index is 12.6. The predicted molar refractivity (Wildman–Crippen MR) is 92.6 cm³/mol. The molecular formula is C17H17F3N4OS. The fraction of sp³-hybridized carbons (Fsp3) is 0.294. The third kappa shape index (κ3) is 3.88. The van der Waals surface area contributed by atoms with Crippen LogP contribution in [-0.4, -0.2) is 26.3 Å². The van der Waals surface area contributed by atoms with Gasteiger partial charge < -0.3 is 8.98 Å². The summed E-state index contributed by atoms with van der Waals surface area (Å²) >= 11 is 5.40. The summed E-state index contributed by atoms with van der Waals surface area (Å²) in [6.07, 6.45) is -2.76. The van der Waals surface area contributed by atoms with Crippen LogP contribution in [0.15, 0.2) is 47.1 Å². The van der Waals surface area contributed by atoms with Crippen LogP contribution >= 0.6 is 12.2 Å². The van der Waals surface area contributed by atoms with Gasteiger partial charge in [0.2, 0.25) is 0 Å². The average molecular weight is 382 g/mol. The standard InChI is InChI=1S/C17H17F3N4OS/c1-22(10-12-5-7-13(8-6-12)17(18,19)20)11-24-16(26)23(2)15(21-24)14-4-3-9-25-14/h3-9H,10-11H2,1-2H3. The van der Waals surface area contributed by atoms with Crippen molar-refractivity contribution in [2.75, 3.05) is 7.05 Å². The molecule has 0 unspecified atom stereocenters. The Kier molecular flexibility index (Phi) is 5.01. The quantitative estimate of drug-likeness (QED) is 0.616. The van der Waals surface area contributed by atoms with E-state index in [2.05, 4.69) is 5.10 Å². The van der Waals surface area contributed by atoms with Gasteiger partial charge in [0, 0.05) is 13.6 Å². The average Bonchev–Trinajstić information content (AvgIpc) is 3.19. The number of furan rings is 1. The Balaban J connectivity index is 1.72.